The van der Waals surface area contributed by atoms with Gasteiger partial charge in [-0.1, -0.05) is 34.5 Å². The molecule has 4 heteroatoms. The van der Waals surface area contributed by atoms with E-state index in [2.05, 4.69) is 46.4 Å². The second-order valence-corrected chi connectivity index (χ2v) is 6.58. The molecular weight excluding hydrogens is 350 g/mol. The summed E-state index contributed by atoms with van der Waals surface area (Å²) < 4.78 is 7.07. The highest BCUT2D eigenvalue weighted by Gasteiger charge is 2.22. The quantitative estimate of drug-likeness (QED) is 0.814. The molecule has 0 saturated heterocycles. The summed E-state index contributed by atoms with van der Waals surface area (Å²) in [5, 5.41) is 4.27. The monoisotopic (exact) mass is 365 g/mol. The van der Waals surface area contributed by atoms with E-state index in [1.165, 1.54) is 16.8 Å². The van der Waals surface area contributed by atoms with Gasteiger partial charge in [0.2, 0.25) is 0 Å². The van der Waals surface area contributed by atoms with Crippen LogP contribution in [-0.2, 0) is 12.8 Å². The van der Waals surface area contributed by atoms with Crippen LogP contribution in [0, 0.1) is 0 Å². The fourth-order valence-corrected chi connectivity index (χ4v) is 3.26. The highest BCUT2D eigenvalue weighted by atomic mass is 79.9. The number of ether oxygens (including phenoxy) is 1. The molecule has 0 bridgehead atoms. The number of hydrogen-bond donors (Lipinski definition) is 1. The van der Waals surface area contributed by atoms with Crippen LogP contribution in [-0.4, -0.2) is 12.6 Å². The fourth-order valence-electron chi connectivity index (χ4n) is 2.65. The number of hydrogen-bond acceptors (Lipinski definition) is 2. The van der Waals surface area contributed by atoms with Gasteiger partial charge in [-0.3, -0.25) is 0 Å². The molecule has 1 aliphatic heterocycles. The van der Waals surface area contributed by atoms with Crippen molar-refractivity contribution in [3.05, 3.63) is 57.0 Å². The number of fused-ring (bicyclic) bond motifs is 1. The highest BCUT2D eigenvalue weighted by Crippen LogP contribution is 2.31. The van der Waals surface area contributed by atoms with Crippen molar-refractivity contribution < 1.29 is 4.74 Å². The van der Waals surface area contributed by atoms with Crippen molar-refractivity contribution in [2.45, 2.75) is 25.9 Å². The summed E-state index contributed by atoms with van der Waals surface area (Å²) in [6.45, 7) is 2.96. The first kappa shape index (κ1) is 14.7. The average Bonchev–Trinajstić information content (AvgIpc) is 2.87. The predicted molar refractivity (Wildman–Crippen MR) is 91.6 cm³/mol. The van der Waals surface area contributed by atoms with Crippen LogP contribution in [0.5, 0.6) is 5.75 Å². The predicted octanol–water partition coefficient (Wildman–Crippen LogP) is 5.08. The van der Waals surface area contributed by atoms with Crippen molar-refractivity contribution in [1.29, 1.82) is 0 Å². The molecule has 0 aliphatic carbocycles. The molecule has 1 aliphatic rings. The zero-order valence-electron chi connectivity index (χ0n) is 11.8. The molecule has 1 unspecified atom stereocenters. The van der Waals surface area contributed by atoms with Crippen LogP contribution in [0.3, 0.4) is 0 Å². The van der Waals surface area contributed by atoms with Gasteiger partial charge >= 0.3 is 0 Å². The fraction of sp³-hybridized carbons (Fsp3) is 0.294. The van der Waals surface area contributed by atoms with Gasteiger partial charge in [-0.2, -0.15) is 0 Å². The molecule has 2 aromatic rings. The Labute approximate surface area is 138 Å². The summed E-state index contributed by atoms with van der Waals surface area (Å²) in [5.74, 6) is 0.956. The normalized spacial score (nSPS) is 16.4. The van der Waals surface area contributed by atoms with Gasteiger partial charge in [0, 0.05) is 21.6 Å². The molecule has 0 radical (unpaired) electrons. The number of benzene rings is 2. The topological polar surface area (TPSA) is 21.3 Å². The minimum absolute atomic E-state index is 0.159. The SMILES string of the molecule is CCc1cc(Br)ccc1NCC1Cc2cc(Cl)ccc2O1. The Morgan fingerprint density at radius 3 is 2.95 bits per heavy atom. The molecule has 3 rings (SSSR count). The third kappa shape index (κ3) is 3.35. The molecule has 1 N–H and O–H groups in total. The Morgan fingerprint density at radius 1 is 1.29 bits per heavy atom. The molecule has 1 atom stereocenters. The van der Waals surface area contributed by atoms with E-state index >= 15 is 0 Å². The third-order valence-corrected chi connectivity index (χ3v) is 4.46. The van der Waals surface area contributed by atoms with Crippen LogP contribution in [0.1, 0.15) is 18.1 Å². The maximum Gasteiger partial charge on any atom is 0.123 e. The van der Waals surface area contributed by atoms with Crippen LogP contribution in [0.4, 0.5) is 5.69 Å². The number of rotatable bonds is 4. The Morgan fingerprint density at radius 2 is 2.14 bits per heavy atom. The van der Waals surface area contributed by atoms with Crippen LogP contribution >= 0.6 is 27.5 Å². The van der Waals surface area contributed by atoms with E-state index in [4.69, 9.17) is 16.3 Å². The molecule has 1 heterocycles. The second kappa shape index (κ2) is 6.29. The lowest BCUT2D eigenvalue weighted by Gasteiger charge is -2.15. The zero-order chi connectivity index (χ0) is 14.8. The minimum atomic E-state index is 0.159. The van der Waals surface area contributed by atoms with E-state index in [-0.39, 0.29) is 6.10 Å². The molecule has 0 fully saturated rings. The van der Waals surface area contributed by atoms with Gasteiger partial charge in [0.15, 0.2) is 0 Å². The minimum Gasteiger partial charge on any atom is -0.488 e. The van der Waals surface area contributed by atoms with Crippen molar-refractivity contribution in [1.82, 2.24) is 0 Å². The molecule has 0 spiro atoms. The Kier molecular flexibility index (Phi) is 4.41. The van der Waals surface area contributed by atoms with E-state index in [1.54, 1.807) is 0 Å². The zero-order valence-corrected chi connectivity index (χ0v) is 14.2. The molecule has 2 aromatic carbocycles. The lowest BCUT2D eigenvalue weighted by molar-refractivity contribution is 0.246. The van der Waals surface area contributed by atoms with E-state index in [9.17, 15) is 0 Å². The Bertz CT molecular complexity index is 659. The van der Waals surface area contributed by atoms with Gasteiger partial charge in [0.1, 0.15) is 11.9 Å². The van der Waals surface area contributed by atoms with Crippen LogP contribution in [0.15, 0.2) is 40.9 Å². The third-order valence-electron chi connectivity index (χ3n) is 3.73. The summed E-state index contributed by atoms with van der Waals surface area (Å²) in [7, 11) is 0. The maximum atomic E-state index is 6.02. The molecule has 0 amide bonds. The molecule has 0 saturated carbocycles. The number of halogens is 2. The first-order valence-corrected chi connectivity index (χ1v) is 8.30. The summed E-state index contributed by atoms with van der Waals surface area (Å²) >= 11 is 9.54. The van der Waals surface area contributed by atoms with Gasteiger partial charge in [0.25, 0.3) is 0 Å². The summed E-state index contributed by atoms with van der Waals surface area (Å²) in [4.78, 5) is 0. The van der Waals surface area contributed by atoms with Gasteiger partial charge in [-0.25, -0.2) is 0 Å². The van der Waals surface area contributed by atoms with E-state index in [0.29, 0.717) is 0 Å². The van der Waals surface area contributed by atoms with E-state index < -0.39 is 0 Å². The average molecular weight is 367 g/mol. The number of anilines is 1. The Hall–Kier alpha value is -1.19. The standard InChI is InChI=1S/C17H17BrClNO/c1-2-11-7-13(18)3-5-16(11)20-10-15-9-12-8-14(19)4-6-17(12)21-15/h3-8,15,20H,2,9-10H2,1H3. The van der Waals surface area contributed by atoms with Crippen molar-refractivity contribution in [2.24, 2.45) is 0 Å². The van der Waals surface area contributed by atoms with Gasteiger partial charge in [0.05, 0.1) is 6.54 Å². The molecule has 0 aromatic heterocycles. The highest BCUT2D eigenvalue weighted by molar-refractivity contribution is 9.10. The maximum absolute atomic E-state index is 6.02. The van der Waals surface area contributed by atoms with Crippen molar-refractivity contribution >= 4 is 33.2 Å². The summed E-state index contributed by atoms with van der Waals surface area (Å²) in [5.41, 5.74) is 3.68. The van der Waals surface area contributed by atoms with Crippen molar-refractivity contribution in [2.75, 3.05) is 11.9 Å². The summed E-state index contributed by atoms with van der Waals surface area (Å²) in [6.07, 6.45) is 2.07. The Balaban J connectivity index is 1.65. The number of aryl methyl sites for hydroxylation is 1. The largest absolute Gasteiger partial charge is 0.488 e. The lowest BCUT2D eigenvalue weighted by Crippen LogP contribution is -2.24. The second-order valence-electron chi connectivity index (χ2n) is 5.23. The molecule has 21 heavy (non-hydrogen) atoms. The van der Waals surface area contributed by atoms with Crippen LogP contribution < -0.4 is 10.1 Å². The summed E-state index contributed by atoms with van der Waals surface area (Å²) in [6, 6.07) is 12.2. The van der Waals surface area contributed by atoms with Crippen LogP contribution in [0.2, 0.25) is 5.02 Å². The van der Waals surface area contributed by atoms with Crippen molar-refractivity contribution in [3.8, 4) is 5.75 Å². The van der Waals surface area contributed by atoms with E-state index in [0.717, 1.165) is 34.6 Å². The van der Waals surface area contributed by atoms with Gasteiger partial charge in [-0.05, 0) is 53.9 Å². The molecule has 2 nitrogen and oxygen atoms in total. The number of nitrogens with one attached hydrogen (secondary N) is 1. The van der Waals surface area contributed by atoms with Gasteiger partial charge < -0.3 is 10.1 Å². The first-order valence-electron chi connectivity index (χ1n) is 7.13. The molecule has 110 valence electrons. The first-order chi connectivity index (χ1) is 10.2. The van der Waals surface area contributed by atoms with Crippen LogP contribution in [0.25, 0.3) is 0 Å². The van der Waals surface area contributed by atoms with Gasteiger partial charge in [-0.15, -0.1) is 0 Å². The molecular formula is C17H17BrClNO. The lowest BCUT2D eigenvalue weighted by atomic mass is 10.1. The van der Waals surface area contributed by atoms with E-state index in [1.807, 2.05) is 18.2 Å². The van der Waals surface area contributed by atoms with Crippen molar-refractivity contribution in [3.63, 3.8) is 0 Å². The smallest absolute Gasteiger partial charge is 0.123 e.